The molecular weight excluding hydrogens is 251 g/mol. The van der Waals surface area contributed by atoms with Crippen molar-refractivity contribution in [3.8, 4) is 5.75 Å². The SMILES string of the molecule is CCCCc1ccc(OC(C)(C)P)c(CCCC)c1. The minimum Gasteiger partial charge on any atom is -0.484 e. The molecule has 0 spiro atoms. The number of unbranched alkanes of at least 4 members (excludes halogenated alkanes) is 2. The third kappa shape index (κ3) is 6.43. The third-order valence-electron chi connectivity index (χ3n) is 3.12. The molecule has 0 fully saturated rings. The van der Waals surface area contributed by atoms with Gasteiger partial charge in [0.05, 0.1) is 0 Å². The van der Waals surface area contributed by atoms with Gasteiger partial charge in [-0.15, -0.1) is 0 Å². The Hall–Kier alpha value is -0.550. The molecule has 0 amide bonds. The average molecular weight is 280 g/mol. The first-order valence-corrected chi connectivity index (χ1v) is 8.13. The Morgan fingerprint density at radius 2 is 1.68 bits per heavy atom. The molecule has 0 aliphatic carbocycles. The van der Waals surface area contributed by atoms with E-state index in [1.165, 1.54) is 43.2 Å². The third-order valence-corrected chi connectivity index (χ3v) is 3.23. The van der Waals surface area contributed by atoms with Gasteiger partial charge in [0.1, 0.15) is 11.1 Å². The highest BCUT2D eigenvalue weighted by molar-refractivity contribution is 7.18. The van der Waals surface area contributed by atoms with E-state index in [4.69, 9.17) is 4.74 Å². The van der Waals surface area contributed by atoms with Crippen molar-refractivity contribution in [2.75, 3.05) is 0 Å². The number of rotatable bonds is 8. The first kappa shape index (κ1) is 16.5. The lowest BCUT2D eigenvalue weighted by atomic mass is 10.0. The van der Waals surface area contributed by atoms with E-state index in [1.54, 1.807) is 0 Å². The van der Waals surface area contributed by atoms with Crippen LogP contribution in [0, 0.1) is 0 Å². The Bertz CT molecular complexity index is 379. The number of ether oxygens (including phenoxy) is 1. The number of aryl methyl sites for hydroxylation is 2. The molecule has 0 saturated carbocycles. The summed E-state index contributed by atoms with van der Waals surface area (Å²) in [6.45, 7) is 8.63. The van der Waals surface area contributed by atoms with Gasteiger partial charge in [0, 0.05) is 0 Å². The van der Waals surface area contributed by atoms with Gasteiger partial charge >= 0.3 is 0 Å². The zero-order chi connectivity index (χ0) is 14.3. The second kappa shape index (κ2) is 7.90. The van der Waals surface area contributed by atoms with Crippen LogP contribution in [0.4, 0.5) is 0 Å². The first-order chi connectivity index (χ1) is 8.96. The molecule has 1 aromatic carbocycles. The Labute approximate surface area is 121 Å². The van der Waals surface area contributed by atoms with Gasteiger partial charge in [-0.05, 0) is 56.7 Å². The summed E-state index contributed by atoms with van der Waals surface area (Å²) in [6.07, 6.45) is 7.27. The molecule has 0 aliphatic heterocycles. The zero-order valence-corrected chi connectivity index (χ0v) is 14.1. The minimum absolute atomic E-state index is 0.202. The highest BCUT2D eigenvalue weighted by Crippen LogP contribution is 2.29. The van der Waals surface area contributed by atoms with Gasteiger partial charge in [-0.1, -0.05) is 48.1 Å². The van der Waals surface area contributed by atoms with Gasteiger partial charge in [0.25, 0.3) is 0 Å². The molecule has 0 aromatic heterocycles. The Morgan fingerprint density at radius 3 is 2.26 bits per heavy atom. The Kier molecular flexibility index (Phi) is 6.86. The molecule has 108 valence electrons. The number of hydrogen-bond donors (Lipinski definition) is 0. The van der Waals surface area contributed by atoms with E-state index in [0.29, 0.717) is 0 Å². The lowest BCUT2D eigenvalue weighted by Gasteiger charge is -2.23. The average Bonchev–Trinajstić information content (AvgIpc) is 2.34. The summed E-state index contributed by atoms with van der Waals surface area (Å²) in [5.41, 5.74) is 2.81. The first-order valence-electron chi connectivity index (χ1n) is 7.56. The maximum absolute atomic E-state index is 6.05. The van der Waals surface area contributed by atoms with Crippen molar-refractivity contribution in [2.24, 2.45) is 0 Å². The maximum Gasteiger partial charge on any atom is 0.123 e. The summed E-state index contributed by atoms with van der Waals surface area (Å²) in [7, 11) is 2.75. The monoisotopic (exact) mass is 280 g/mol. The topological polar surface area (TPSA) is 9.23 Å². The van der Waals surface area contributed by atoms with Crippen LogP contribution in [0.1, 0.15) is 64.5 Å². The lowest BCUT2D eigenvalue weighted by molar-refractivity contribution is 0.204. The molecule has 0 radical (unpaired) electrons. The van der Waals surface area contributed by atoms with Crippen molar-refractivity contribution in [1.29, 1.82) is 0 Å². The summed E-state index contributed by atoms with van der Waals surface area (Å²) in [5.74, 6) is 1.05. The molecule has 1 atom stereocenters. The van der Waals surface area contributed by atoms with Crippen LogP contribution < -0.4 is 4.74 Å². The van der Waals surface area contributed by atoms with Crippen molar-refractivity contribution in [1.82, 2.24) is 0 Å². The van der Waals surface area contributed by atoms with Gasteiger partial charge in [-0.25, -0.2) is 0 Å². The van der Waals surface area contributed by atoms with E-state index >= 15 is 0 Å². The standard InChI is InChI=1S/C17H29OP/c1-5-7-9-14-11-12-16(18-17(3,4)19)15(13-14)10-8-6-2/h11-13H,5-10,19H2,1-4H3. The van der Waals surface area contributed by atoms with Gasteiger partial charge in [-0.2, -0.15) is 0 Å². The number of benzene rings is 1. The van der Waals surface area contributed by atoms with Gasteiger partial charge < -0.3 is 4.74 Å². The minimum atomic E-state index is -0.202. The Balaban J connectivity index is 2.88. The Morgan fingerprint density at radius 1 is 1.05 bits per heavy atom. The molecule has 1 aromatic rings. The zero-order valence-electron chi connectivity index (χ0n) is 13.0. The van der Waals surface area contributed by atoms with Crippen molar-refractivity contribution >= 4 is 9.24 Å². The van der Waals surface area contributed by atoms with Crippen LogP contribution in [-0.2, 0) is 12.8 Å². The molecule has 0 heterocycles. The van der Waals surface area contributed by atoms with E-state index < -0.39 is 0 Å². The molecule has 19 heavy (non-hydrogen) atoms. The normalized spacial score (nSPS) is 11.6. The highest BCUT2D eigenvalue weighted by atomic mass is 31.0. The van der Waals surface area contributed by atoms with Crippen LogP contribution in [-0.4, -0.2) is 5.34 Å². The quantitative estimate of drug-likeness (QED) is 0.582. The molecule has 1 rings (SSSR count). The van der Waals surface area contributed by atoms with Crippen molar-refractivity contribution in [3.05, 3.63) is 29.3 Å². The van der Waals surface area contributed by atoms with E-state index in [0.717, 1.165) is 12.2 Å². The fourth-order valence-corrected chi connectivity index (χ4v) is 2.24. The van der Waals surface area contributed by atoms with E-state index in [2.05, 4.69) is 55.1 Å². The molecule has 1 nitrogen and oxygen atoms in total. The summed E-state index contributed by atoms with van der Waals surface area (Å²) >= 11 is 0. The summed E-state index contributed by atoms with van der Waals surface area (Å²) in [6, 6.07) is 6.72. The predicted molar refractivity (Wildman–Crippen MR) is 88.1 cm³/mol. The molecule has 0 saturated heterocycles. The fourth-order valence-electron chi connectivity index (χ4n) is 2.11. The van der Waals surface area contributed by atoms with Crippen molar-refractivity contribution in [3.63, 3.8) is 0 Å². The highest BCUT2D eigenvalue weighted by Gasteiger charge is 2.14. The second-order valence-electron chi connectivity index (χ2n) is 5.85. The largest absolute Gasteiger partial charge is 0.484 e. The lowest BCUT2D eigenvalue weighted by Crippen LogP contribution is -2.19. The van der Waals surface area contributed by atoms with E-state index in [1.807, 2.05) is 0 Å². The van der Waals surface area contributed by atoms with Gasteiger partial charge in [-0.3, -0.25) is 0 Å². The summed E-state index contributed by atoms with van der Waals surface area (Å²) in [5, 5.41) is -0.202. The van der Waals surface area contributed by atoms with Gasteiger partial charge in [0.15, 0.2) is 0 Å². The molecule has 1 unspecified atom stereocenters. The molecule has 0 bridgehead atoms. The number of hydrogen-bond acceptors (Lipinski definition) is 1. The summed E-state index contributed by atoms with van der Waals surface area (Å²) in [4.78, 5) is 0. The molecule has 0 aliphatic rings. The fraction of sp³-hybridized carbons (Fsp3) is 0.647. The van der Waals surface area contributed by atoms with Crippen LogP contribution in [0.2, 0.25) is 0 Å². The second-order valence-corrected chi connectivity index (χ2v) is 7.25. The maximum atomic E-state index is 6.05. The van der Waals surface area contributed by atoms with Crippen LogP contribution >= 0.6 is 9.24 Å². The molecule has 0 N–H and O–H groups in total. The van der Waals surface area contributed by atoms with Gasteiger partial charge in [0.2, 0.25) is 0 Å². The molecule has 2 heteroatoms. The summed E-state index contributed by atoms with van der Waals surface area (Å²) < 4.78 is 6.05. The van der Waals surface area contributed by atoms with Crippen LogP contribution in [0.3, 0.4) is 0 Å². The van der Waals surface area contributed by atoms with E-state index in [9.17, 15) is 0 Å². The van der Waals surface area contributed by atoms with E-state index in [-0.39, 0.29) is 5.34 Å². The van der Waals surface area contributed by atoms with Crippen LogP contribution in [0.15, 0.2) is 18.2 Å². The smallest absolute Gasteiger partial charge is 0.123 e. The predicted octanol–water partition coefficient (Wildman–Crippen LogP) is 5.36. The molecular formula is C17H29OP. The van der Waals surface area contributed by atoms with Crippen molar-refractivity contribution < 1.29 is 4.74 Å². The van der Waals surface area contributed by atoms with Crippen LogP contribution in [0.25, 0.3) is 0 Å². The van der Waals surface area contributed by atoms with Crippen molar-refractivity contribution in [2.45, 2.75) is 71.6 Å². The van der Waals surface area contributed by atoms with Crippen LogP contribution in [0.5, 0.6) is 5.75 Å².